The Kier molecular flexibility index (Phi) is 5.64. The maximum atomic E-state index is 13.3. The second-order valence-electron chi connectivity index (χ2n) is 3.48. The van der Waals surface area contributed by atoms with Crippen LogP contribution in [0.2, 0.25) is 0 Å². The minimum Gasteiger partial charge on any atom is -0.383 e. The molecule has 1 unspecified atom stereocenters. The summed E-state index contributed by atoms with van der Waals surface area (Å²) in [5.74, 6) is -1.81. The first-order chi connectivity index (χ1) is 8.36. The molecule has 1 N–H and O–H groups in total. The summed E-state index contributed by atoms with van der Waals surface area (Å²) < 4.78 is 56.7. The Balaban J connectivity index is 2.83. The minimum atomic E-state index is -4.08. The summed E-state index contributed by atoms with van der Waals surface area (Å²) >= 11 is 3.18. The van der Waals surface area contributed by atoms with Crippen LogP contribution < -0.4 is 4.72 Å². The summed E-state index contributed by atoms with van der Waals surface area (Å²) in [5.41, 5.74) is 0. The molecule has 1 aromatic carbocycles. The van der Waals surface area contributed by atoms with Crippen molar-refractivity contribution in [2.75, 3.05) is 20.3 Å². The Morgan fingerprint density at radius 2 is 2.11 bits per heavy atom. The molecule has 0 aliphatic heterocycles. The highest BCUT2D eigenvalue weighted by molar-refractivity contribution is 9.09. The van der Waals surface area contributed by atoms with Crippen LogP contribution in [-0.4, -0.2) is 33.5 Å². The van der Waals surface area contributed by atoms with Crippen LogP contribution in [0.5, 0.6) is 0 Å². The van der Waals surface area contributed by atoms with Crippen LogP contribution in [0.25, 0.3) is 0 Å². The lowest BCUT2D eigenvalue weighted by Gasteiger charge is -2.11. The molecular formula is C10H12BrF2NO3S. The number of halogens is 3. The minimum absolute atomic E-state index is 0.00608. The molecule has 0 radical (unpaired) electrons. The highest BCUT2D eigenvalue weighted by atomic mass is 79.9. The molecule has 1 atom stereocenters. The first kappa shape index (κ1) is 15.5. The van der Waals surface area contributed by atoms with E-state index < -0.39 is 26.6 Å². The van der Waals surface area contributed by atoms with E-state index >= 15 is 0 Å². The fourth-order valence-electron chi connectivity index (χ4n) is 1.20. The summed E-state index contributed by atoms with van der Waals surface area (Å²) in [5, 5.41) is 0. The molecule has 1 aromatic rings. The Morgan fingerprint density at radius 3 is 2.72 bits per heavy atom. The van der Waals surface area contributed by atoms with Crippen LogP contribution in [0, 0.1) is 11.6 Å². The highest BCUT2D eigenvalue weighted by Gasteiger charge is 2.20. The third-order valence-corrected chi connectivity index (χ3v) is 4.05. The quantitative estimate of drug-likeness (QED) is 0.799. The third kappa shape index (κ3) is 4.27. The second-order valence-corrected chi connectivity index (χ2v) is 6.51. The van der Waals surface area contributed by atoms with Gasteiger partial charge in [0.25, 0.3) is 0 Å². The second kappa shape index (κ2) is 6.55. The molecule has 0 aromatic heterocycles. The number of rotatable bonds is 6. The summed E-state index contributed by atoms with van der Waals surface area (Å²) in [6, 6.07) is 2.26. The number of benzene rings is 1. The average Bonchev–Trinajstić information content (AvgIpc) is 2.30. The fraction of sp³-hybridized carbons (Fsp3) is 0.400. The fourth-order valence-corrected chi connectivity index (χ4v) is 3.01. The molecule has 0 bridgehead atoms. The molecule has 0 saturated heterocycles. The van der Waals surface area contributed by atoms with Crippen LogP contribution in [-0.2, 0) is 14.8 Å². The molecule has 1 rings (SSSR count). The van der Waals surface area contributed by atoms with Crippen molar-refractivity contribution in [2.45, 2.75) is 9.72 Å². The van der Waals surface area contributed by atoms with E-state index in [1.54, 1.807) is 0 Å². The van der Waals surface area contributed by atoms with E-state index in [0.29, 0.717) is 6.07 Å². The number of alkyl halides is 1. The number of hydrogen-bond acceptors (Lipinski definition) is 3. The van der Waals surface area contributed by atoms with E-state index in [1.165, 1.54) is 7.11 Å². The SMILES string of the molecule is COCC(Br)CNS(=O)(=O)c1cc(F)ccc1F. The third-order valence-electron chi connectivity index (χ3n) is 2.03. The van der Waals surface area contributed by atoms with Gasteiger partial charge in [-0.25, -0.2) is 21.9 Å². The van der Waals surface area contributed by atoms with E-state index in [-0.39, 0.29) is 18.0 Å². The van der Waals surface area contributed by atoms with E-state index in [4.69, 9.17) is 4.74 Å². The van der Waals surface area contributed by atoms with Crippen molar-refractivity contribution in [3.8, 4) is 0 Å². The van der Waals surface area contributed by atoms with Crippen LogP contribution >= 0.6 is 15.9 Å². The van der Waals surface area contributed by atoms with Gasteiger partial charge < -0.3 is 4.74 Å². The lowest BCUT2D eigenvalue weighted by Crippen LogP contribution is -2.32. The monoisotopic (exact) mass is 343 g/mol. The molecule has 8 heteroatoms. The van der Waals surface area contributed by atoms with Gasteiger partial charge in [-0.3, -0.25) is 0 Å². The van der Waals surface area contributed by atoms with Crippen LogP contribution in [0.4, 0.5) is 8.78 Å². The standard InChI is InChI=1S/C10H12BrF2NO3S/c1-17-6-7(11)5-14-18(15,16)10-4-8(12)2-3-9(10)13/h2-4,7,14H,5-6H2,1H3. The van der Waals surface area contributed by atoms with Gasteiger partial charge in [0.2, 0.25) is 10.0 Å². The van der Waals surface area contributed by atoms with E-state index in [9.17, 15) is 17.2 Å². The van der Waals surface area contributed by atoms with Crippen molar-refractivity contribution in [3.05, 3.63) is 29.8 Å². The summed E-state index contributed by atoms with van der Waals surface area (Å²) in [6.45, 7) is 0.292. The number of methoxy groups -OCH3 is 1. The van der Waals surface area contributed by atoms with Gasteiger partial charge in [0, 0.05) is 13.7 Å². The predicted molar refractivity (Wildman–Crippen MR) is 66.1 cm³/mol. The van der Waals surface area contributed by atoms with E-state index in [0.717, 1.165) is 12.1 Å². The predicted octanol–water partition coefficient (Wildman–Crippen LogP) is 1.65. The first-order valence-electron chi connectivity index (χ1n) is 4.94. The van der Waals surface area contributed by atoms with Gasteiger partial charge in [-0.2, -0.15) is 0 Å². The first-order valence-corrected chi connectivity index (χ1v) is 7.34. The maximum absolute atomic E-state index is 13.3. The Hall–Kier alpha value is -0.570. The van der Waals surface area contributed by atoms with E-state index in [1.807, 2.05) is 0 Å². The van der Waals surface area contributed by atoms with Crippen molar-refractivity contribution >= 4 is 26.0 Å². The molecule has 0 amide bonds. The largest absolute Gasteiger partial charge is 0.383 e. The summed E-state index contributed by atoms with van der Waals surface area (Å²) in [4.78, 5) is -0.964. The molecule has 18 heavy (non-hydrogen) atoms. The molecule has 102 valence electrons. The topological polar surface area (TPSA) is 55.4 Å². The lowest BCUT2D eigenvalue weighted by atomic mass is 10.3. The molecule has 0 fully saturated rings. The van der Waals surface area contributed by atoms with Gasteiger partial charge in [-0.1, -0.05) is 15.9 Å². The normalized spacial score (nSPS) is 13.6. The van der Waals surface area contributed by atoms with E-state index in [2.05, 4.69) is 20.7 Å². The lowest BCUT2D eigenvalue weighted by molar-refractivity contribution is 0.201. The molecule has 0 spiro atoms. The van der Waals surface area contributed by atoms with Gasteiger partial charge in [-0.05, 0) is 18.2 Å². The van der Waals surface area contributed by atoms with Gasteiger partial charge in [0.15, 0.2) is 0 Å². The van der Waals surface area contributed by atoms with Crippen molar-refractivity contribution in [3.63, 3.8) is 0 Å². The molecule has 0 aliphatic carbocycles. The summed E-state index contributed by atoms with van der Waals surface area (Å²) in [6.07, 6.45) is 0. The van der Waals surface area contributed by atoms with Crippen molar-refractivity contribution in [1.29, 1.82) is 0 Å². The molecular weight excluding hydrogens is 332 g/mol. The number of ether oxygens (including phenoxy) is 1. The molecule has 4 nitrogen and oxygen atoms in total. The number of nitrogens with one attached hydrogen (secondary N) is 1. The van der Waals surface area contributed by atoms with Gasteiger partial charge >= 0.3 is 0 Å². The average molecular weight is 344 g/mol. The van der Waals surface area contributed by atoms with Crippen molar-refractivity contribution in [2.24, 2.45) is 0 Å². The van der Waals surface area contributed by atoms with Crippen LogP contribution in [0.1, 0.15) is 0 Å². The Morgan fingerprint density at radius 1 is 1.44 bits per heavy atom. The number of hydrogen-bond donors (Lipinski definition) is 1. The zero-order valence-electron chi connectivity index (χ0n) is 9.49. The zero-order valence-corrected chi connectivity index (χ0v) is 11.9. The van der Waals surface area contributed by atoms with Gasteiger partial charge in [-0.15, -0.1) is 0 Å². The molecule has 0 aliphatic rings. The molecule has 0 heterocycles. The highest BCUT2D eigenvalue weighted by Crippen LogP contribution is 2.15. The van der Waals surface area contributed by atoms with Crippen molar-refractivity contribution < 1.29 is 21.9 Å². The Labute approximate surface area is 113 Å². The maximum Gasteiger partial charge on any atom is 0.243 e. The number of sulfonamides is 1. The Bertz CT molecular complexity index is 510. The van der Waals surface area contributed by atoms with Gasteiger partial charge in [0.1, 0.15) is 16.5 Å². The molecule has 0 saturated carbocycles. The van der Waals surface area contributed by atoms with Crippen molar-refractivity contribution in [1.82, 2.24) is 4.72 Å². The zero-order chi connectivity index (χ0) is 13.8. The van der Waals surface area contributed by atoms with Crippen LogP contribution in [0.15, 0.2) is 23.1 Å². The van der Waals surface area contributed by atoms with Crippen LogP contribution in [0.3, 0.4) is 0 Å². The summed E-state index contributed by atoms with van der Waals surface area (Å²) in [7, 11) is -2.61. The smallest absolute Gasteiger partial charge is 0.243 e. The van der Waals surface area contributed by atoms with Gasteiger partial charge in [0.05, 0.1) is 11.4 Å².